The van der Waals surface area contributed by atoms with Crippen molar-refractivity contribution in [3.8, 4) is 0 Å². The van der Waals surface area contributed by atoms with Crippen molar-refractivity contribution in [1.29, 1.82) is 0 Å². The van der Waals surface area contributed by atoms with E-state index in [1.807, 2.05) is 30.3 Å². The topological polar surface area (TPSA) is 85.7 Å². The molecule has 28 heavy (non-hydrogen) atoms. The van der Waals surface area contributed by atoms with E-state index in [-0.39, 0.29) is 37.3 Å². The summed E-state index contributed by atoms with van der Waals surface area (Å²) in [6.07, 6.45) is 4.12. The minimum atomic E-state index is -1.02. The molecule has 8 heteroatoms. The van der Waals surface area contributed by atoms with Crippen LogP contribution >= 0.6 is 24.8 Å². The molecule has 0 bridgehead atoms. The molecule has 0 unspecified atom stereocenters. The Labute approximate surface area is 177 Å². The zero-order valence-corrected chi connectivity index (χ0v) is 17.1. The summed E-state index contributed by atoms with van der Waals surface area (Å²) in [5, 5.41) is 23.9. The first-order valence-corrected chi connectivity index (χ1v) is 8.99. The van der Waals surface area contributed by atoms with E-state index >= 15 is 0 Å². The van der Waals surface area contributed by atoms with Crippen LogP contribution in [0.5, 0.6) is 0 Å². The highest BCUT2D eigenvalue weighted by Crippen LogP contribution is 2.23. The Morgan fingerprint density at radius 2 is 1.64 bits per heavy atom. The third-order valence-corrected chi connectivity index (χ3v) is 4.81. The highest BCUT2D eigenvalue weighted by atomic mass is 35.5. The first kappa shape index (κ1) is 24.3. The van der Waals surface area contributed by atoms with E-state index < -0.39 is 18.2 Å². The van der Waals surface area contributed by atoms with Gasteiger partial charge in [-0.3, -0.25) is 15.1 Å². The molecule has 1 aliphatic rings. The van der Waals surface area contributed by atoms with Crippen LogP contribution in [-0.2, 0) is 4.79 Å². The lowest BCUT2D eigenvalue weighted by Crippen LogP contribution is -2.50. The van der Waals surface area contributed by atoms with Crippen LogP contribution in [0.15, 0.2) is 54.9 Å². The van der Waals surface area contributed by atoms with E-state index in [4.69, 9.17) is 0 Å². The smallest absolute Gasteiger partial charge is 0.242 e. The molecule has 6 nitrogen and oxygen atoms in total. The van der Waals surface area contributed by atoms with Crippen LogP contribution in [-0.4, -0.2) is 51.7 Å². The zero-order valence-electron chi connectivity index (χ0n) is 15.5. The average molecular weight is 428 g/mol. The fourth-order valence-electron chi connectivity index (χ4n) is 3.34. The van der Waals surface area contributed by atoms with Gasteiger partial charge in [0.1, 0.15) is 12.1 Å². The molecule has 1 aromatic carbocycles. The Balaban J connectivity index is 0.00000196. The van der Waals surface area contributed by atoms with Gasteiger partial charge in [-0.15, -0.1) is 24.8 Å². The van der Waals surface area contributed by atoms with E-state index in [1.54, 1.807) is 29.4 Å². The standard InChI is InChI=1S/C20H25N3O3.2ClH/c24-14-17(15-6-2-1-3-7-15)22-18(20(26)23-12-4-5-13-23)19(25)16-8-10-21-11-9-16;;/h1-3,6-11,17-19,22,24-25H,4-5,12-14H2;2*1H/t17-,18+,19-;;/m0../s1. The number of rotatable bonds is 7. The number of pyridine rings is 1. The summed E-state index contributed by atoms with van der Waals surface area (Å²) in [5.74, 6) is -0.138. The number of halogens is 2. The average Bonchev–Trinajstić information content (AvgIpc) is 3.24. The number of carbonyl (C=O) groups is 1. The molecule has 154 valence electrons. The fraction of sp³-hybridized carbons (Fsp3) is 0.400. The van der Waals surface area contributed by atoms with Crippen LogP contribution < -0.4 is 5.32 Å². The summed E-state index contributed by atoms with van der Waals surface area (Å²) in [4.78, 5) is 18.8. The van der Waals surface area contributed by atoms with Gasteiger partial charge < -0.3 is 15.1 Å². The van der Waals surface area contributed by atoms with Crippen molar-refractivity contribution in [2.24, 2.45) is 0 Å². The van der Waals surface area contributed by atoms with Crippen LogP contribution in [0, 0.1) is 0 Å². The van der Waals surface area contributed by atoms with Gasteiger partial charge in [0.2, 0.25) is 5.91 Å². The number of hydrogen-bond acceptors (Lipinski definition) is 5. The Kier molecular flexibility index (Phi) is 10.4. The predicted octanol–water partition coefficient (Wildman–Crippen LogP) is 2.27. The van der Waals surface area contributed by atoms with Crippen molar-refractivity contribution in [2.45, 2.75) is 31.0 Å². The van der Waals surface area contributed by atoms with Crippen LogP contribution in [0.25, 0.3) is 0 Å². The minimum Gasteiger partial charge on any atom is -0.394 e. The van der Waals surface area contributed by atoms with Gasteiger partial charge in [0.15, 0.2) is 0 Å². The molecule has 0 aliphatic carbocycles. The second-order valence-electron chi connectivity index (χ2n) is 6.55. The van der Waals surface area contributed by atoms with Crippen molar-refractivity contribution in [2.75, 3.05) is 19.7 Å². The van der Waals surface area contributed by atoms with Crippen molar-refractivity contribution in [1.82, 2.24) is 15.2 Å². The van der Waals surface area contributed by atoms with Crippen molar-refractivity contribution >= 4 is 30.7 Å². The highest BCUT2D eigenvalue weighted by molar-refractivity contribution is 5.85. The molecule has 1 aliphatic heterocycles. The van der Waals surface area contributed by atoms with Crippen LogP contribution in [0.4, 0.5) is 0 Å². The van der Waals surface area contributed by atoms with Gasteiger partial charge in [-0.2, -0.15) is 0 Å². The molecule has 1 fully saturated rings. The largest absolute Gasteiger partial charge is 0.394 e. The number of amides is 1. The first-order valence-electron chi connectivity index (χ1n) is 8.99. The zero-order chi connectivity index (χ0) is 18.4. The molecule has 0 radical (unpaired) electrons. The first-order chi connectivity index (χ1) is 12.7. The van der Waals surface area contributed by atoms with Crippen LogP contribution in [0.2, 0.25) is 0 Å². The van der Waals surface area contributed by atoms with E-state index in [2.05, 4.69) is 10.3 Å². The van der Waals surface area contributed by atoms with Gasteiger partial charge in [0, 0.05) is 25.5 Å². The van der Waals surface area contributed by atoms with Gasteiger partial charge in [-0.1, -0.05) is 30.3 Å². The maximum absolute atomic E-state index is 13.0. The van der Waals surface area contributed by atoms with E-state index in [1.165, 1.54) is 0 Å². The van der Waals surface area contributed by atoms with Gasteiger partial charge in [0.05, 0.1) is 12.6 Å². The maximum Gasteiger partial charge on any atom is 0.242 e. The quantitative estimate of drug-likeness (QED) is 0.630. The Bertz CT molecular complexity index is 700. The Morgan fingerprint density at radius 3 is 2.21 bits per heavy atom. The lowest BCUT2D eigenvalue weighted by Gasteiger charge is -2.31. The van der Waals surface area contributed by atoms with Crippen molar-refractivity contribution in [3.05, 3.63) is 66.0 Å². The molecule has 2 heterocycles. The van der Waals surface area contributed by atoms with Crippen LogP contribution in [0.1, 0.15) is 36.1 Å². The highest BCUT2D eigenvalue weighted by Gasteiger charge is 2.34. The van der Waals surface area contributed by atoms with Gasteiger partial charge >= 0.3 is 0 Å². The number of aliphatic hydroxyl groups is 2. The van der Waals surface area contributed by atoms with E-state index in [9.17, 15) is 15.0 Å². The molecule has 3 atom stereocenters. The number of nitrogens with zero attached hydrogens (tertiary/aromatic N) is 2. The Morgan fingerprint density at radius 1 is 1.04 bits per heavy atom. The number of hydrogen-bond donors (Lipinski definition) is 3. The normalized spacial score (nSPS) is 16.4. The molecule has 1 amide bonds. The fourth-order valence-corrected chi connectivity index (χ4v) is 3.34. The predicted molar refractivity (Wildman–Crippen MR) is 113 cm³/mol. The summed E-state index contributed by atoms with van der Waals surface area (Å²) < 4.78 is 0. The second kappa shape index (κ2) is 12.0. The van der Waals surface area contributed by atoms with Gasteiger partial charge in [-0.25, -0.2) is 0 Å². The number of aliphatic hydroxyl groups excluding tert-OH is 2. The summed E-state index contributed by atoms with van der Waals surface area (Å²) >= 11 is 0. The van der Waals surface area contributed by atoms with Gasteiger partial charge in [-0.05, 0) is 36.1 Å². The monoisotopic (exact) mass is 427 g/mol. The molecule has 0 saturated carbocycles. The number of likely N-dealkylation sites (tertiary alicyclic amines) is 1. The number of nitrogens with one attached hydrogen (secondary N) is 1. The van der Waals surface area contributed by atoms with Gasteiger partial charge in [0.25, 0.3) is 0 Å². The summed E-state index contributed by atoms with van der Waals surface area (Å²) in [6, 6.07) is 11.6. The summed E-state index contributed by atoms with van der Waals surface area (Å²) in [7, 11) is 0. The molecule has 1 aromatic heterocycles. The van der Waals surface area contributed by atoms with E-state index in [0.29, 0.717) is 18.7 Å². The molecular weight excluding hydrogens is 401 g/mol. The lowest BCUT2D eigenvalue weighted by molar-refractivity contribution is -0.135. The van der Waals surface area contributed by atoms with Crippen LogP contribution in [0.3, 0.4) is 0 Å². The molecule has 3 N–H and O–H groups in total. The van der Waals surface area contributed by atoms with Crippen molar-refractivity contribution in [3.63, 3.8) is 0 Å². The number of aromatic nitrogens is 1. The second-order valence-corrected chi connectivity index (χ2v) is 6.55. The molecular formula is C20H27Cl2N3O3. The van der Waals surface area contributed by atoms with E-state index in [0.717, 1.165) is 18.4 Å². The SMILES string of the molecule is Cl.Cl.O=C([C@H](N[C@@H](CO)c1ccccc1)[C@@H](O)c1ccncc1)N1CCCC1. The molecule has 2 aromatic rings. The number of carbonyl (C=O) groups excluding carboxylic acids is 1. The summed E-state index contributed by atoms with van der Waals surface area (Å²) in [5.41, 5.74) is 1.49. The summed E-state index contributed by atoms with van der Waals surface area (Å²) in [6.45, 7) is 1.24. The molecule has 3 rings (SSSR count). The maximum atomic E-state index is 13.0. The Hall–Kier alpha value is -1.70. The molecule has 1 saturated heterocycles. The third kappa shape index (κ3) is 5.90. The van der Waals surface area contributed by atoms with Crippen molar-refractivity contribution < 1.29 is 15.0 Å². The molecule has 0 spiro atoms. The lowest BCUT2D eigenvalue weighted by atomic mass is 9.99. The third-order valence-electron chi connectivity index (χ3n) is 4.81. The number of benzene rings is 1. The minimum absolute atomic E-state index is 0.